The summed E-state index contributed by atoms with van der Waals surface area (Å²) in [6, 6.07) is 22.1. The van der Waals surface area contributed by atoms with Crippen molar-refractivity contribution in [3.63, 3.8) is 0 Å². The van der Waals surface area contributed by atoms with E-state index in [-0.39, 0.29) is 5.54 Å². The van der Waals surface area contributed by atoms with Crippen molar-refractivity contribution < 1.29 is 0 Å². The first-order valence-electron chi connectivity index (χ1n) is 8.45. The fourth-order valence-electron chi connectivity index (χ4n) is 3.99. The maximum Gasteiger partial charge on any atom is 0.0455 e. The van der Waals surface area contributed by atoms with Crippen LogP contribution in [0.2, 0.25) is 0 Å². The second-order valence-corrected chi connectivity index (χ2v) is 6.86. The van der Waals surface area contributed by atoms with E-state index >= 15 is 0 Å². The number of nitrogens with zero attached hydrogens (tertiary/aromatic N) is 1. The van der Waals surface area contributed by atoms with Crippen LogP contribution in [0.15, 0.2) is 60.7 Å². The number of benzene rings is 2. The number of rotatable bonds is 6. The van der Waals surface area contributed by atoms with Crippen molar-refractivity contribution in [2.45, 2.75) is 37.6 Å². The van der Waals surface area contributed by atoms with Gasteiger partial charge in [-0.25, -0.2) is 0 Å². The molecule has 1 unspecified atom stereocenters. The molecule has 0 amide bonds. The van der Waals surface area contributed by atoms with Gasteiger partial charge in [0, 0.05) is 5.54 Å². The normalized spacial score (nSPS) is 23.3. The quantitative estimate of drug-likeness (QED) is 0.720. The van der Waals surface area contributed by atoms with Gasteiger partial charge in [-0.3, -0.25) is 4.90 Å². The van der Waals surface area contributed by atoms with E-state index in [4.69, 9.17) is 0 Å². The third kappa shape index (κ3) is 2.83. The molecule has 2 aromatic rings. The van der Waals surface area contributed by atoms with Crippen LogP contribution in [0.5, 0.6) is 0 Å². The molecule has 1 aliphatic carbocycles. The molecular weight excluding hydrogens is 266 g/mol. The molecule has 1 aliphatic rings. The molecule has 22 heavy (non-hydrogen) atoms. The minimum atomic E-state index is 0.162. The third-order valence-electron chi connectivity index (χ3n) is 5.50. The number of hydrogen-bond acceptors (Lipinski definition) is 1. The Kier molecular flexibility index (Phi) is 4.35. The highest BCUT2D eigenvalue weighted by molar-refractivity contribution is 5.29. The summed E-state index contributed by atoms with van der Waals surface area (Å²) in [4.78, 5) is 2.43. The van der Waals surface area contributed by atoms with Gasteiger partial charge in [0.1, 0.15) is 0 Å². The van der Waals surface area contributed by atoms with E-state index in [9.17, 15) is 0 Å². The SMILES string of the molecule is CCC(C[C@@H]1C[C@H]1c1ccccc1)(c1ccccc1)N(C)C. The molecule has 1 fully saturated rings. The topological polar surface area (TPSA) is 3.24 Å². The molecule has 0 aromatic heterocycles. The summed E-state index contributed by atoms with van der Waals surface area (Å²) in [5, 5.41) is 0. The van der Waals surface area contributed by atoms with Gasteiger partial charge in [0.2, 0.25) is 0 Å². The Morgan fingerprint density at radius 1 is 0.955 bits per heavy atom. The van der Waals surface area contributed by atoms with Crippen LogP contribution >= 0.6 is 0 Å². The standard InChI is InChI=1S/C21H27N/c1-4-21(22(2)3,19-13-9-6-10-14-19)16-18-15-20(18)17-11-7-5-8-12-17/h5-14,18,20H,4,15-16H2,1-3H3/t18-,20-,21?/m0/s1. The Labute approximate surface area is 135 Å². The van der Waals surface area contributed by atoms with Gasteiger partial charge >= 0.3 is 0 Å². The van der Waals surface area contributed by atoms with Crippen LogP contribution in [0.4, 0.5) is 0 Å². The van der Waals surface area contributed by atoms with Crippen molar-refractivity contribution in [2.24, 2.45) is 5.92 Å². The van der Waals surface area contributed by atoms with Gasteiger partial charge in [-0.2, -0.15) is 0 Å². The van der Waals surface area contributed by atoms with Gasteiger partial charge in [-0.1, -0.05) is 67.6 Å². The Morgan fingerprint density at radius 2 is 1.55 bits per heavy atom. The molecule has 0 aliphatic heterocycles. The van der Waals surface area contributed by atoms with Crippen LogP contribution in [0.3, 0.4) is 0 Å². The van der Waals surface area contributed by atoms with Gasteiger partial charge in [0.15, 0.2) is 0 Å². The highest BCUT2D eigenvalue weighted by Gasteiger charge is 2.45. The van der Waals surface area contributed by atoms with Crippen LogP contribution in [0.1, 0.15) is 43.2 Å². The van der Waals surface area contributed by atoms with Crippen LogP contribution in [0.25, 0.3) is 0 Å². The summed E-state index contributed by atoms with van der Waals surface area (Å²) < 4.78 is 0. The van der Waals surface area contributed by atoms with E-state index in [2.05, 4.69) is 86.6 Å². The highest BCUT2D eigenvalue weighted by atomic mass is 15.1. The molecule has 2 aromatic carbocycles. The lowest BCUT2D eigenvalue weighted by Crippen LogP contribution is -2.41. The van der Waals surface area contributed by atoms with E-state index in [0.717, 1.165) is 18.3 Å². The van der Waals surface area contributed by atoms with E-state index in [1.165, 1.54) is 24.0 Å². The molecule has 3 atom stereocenters. The highest BCUT2D eigenvalue weighted by Crippen LogP contribution is 2.54. The van der Waals surface area contributed by atoms with Gasteiger partial charge in [-0.05, 0) is 56.3 Å². The van der Waals surface area contributed by atoms with Crippen LogP contribution < -0.4 is 0 Å². The Hall–Kier alpha value is -1.60. The predicted octanol–water partition coefficient (Wildman–Crippen LogP) is 5.05. The van der Waals surface area contributed by atoms with E-state index in [1.807, 2.05) is 0 Å². The third-order valence-corrected chi connectivity index (χ3v) is 5.50. The lowest BCUT2D eigenvalue weighted by Gasteiger charge is -2.40. The second-order valence-electron chi connectivity index (χ2n) is 6.86. The van der Waals surface area contributed by atoms with Crippen molar-refractivity contribution in [3.05, 3.63) is 71.8 Å². The minimum Gasteiger partial charge on any atom is -0.300 e. The maximum absolute atomic E-state index is 2.43. The summed E-state index contributed by atoms with van der Waals surface area (Å²) in [7, 11) is 4.47. The van der Waals surface area contributed by atoms with Crippen molar-refractivity contribution in [3.8, 4) is 0 Å². The van der Waals surface area contributed by atoms with Crippen molar-refractivity contribution in [1.29, 1.82) is 0 Å². The molecule has 1 saturated carbocycles. The predicted molar refractivity (Wildman–Crippen MR) is 94.0 cm³/mol. The van der Waals surface area contributed by atoms with Gasteiger partial charge in [-0.15, -0.1) is 0 Å². The van der Waals surface area contributed by atoms with Gasteiger partial charge in [0.25, 0.3) is 0 Å². The first-order chi connectivity index (χ1) is 10.7. The Balaban J connectivity index is 1.81. The zero-order valence-corrected chi connectivity index (χ0v) is 14.0. The lowest BCUT2D eigenvalue weighted by molar-refractivity contribution is 0.123. The molecule has 116 valence electrons. The van der Waals surface area contributed by atoms with Crippen LogP contribution in [-0.4, -0.2) is 19.0 Å². The smallest absolute Gasteiger partial charge is 0.0455 e. The lowest BCUT2D eigenvalue weighted by atomic mass is 9.80. The van der Waals surface area contributed by atoms with Crippen molar-refractivity contribution in [1.82, 2.24) is 4.90 Å². The molecule has 1 heteroatoms. The molecule has 3 rings (SSSR count). The van der Waals surface area contributed by atoms with Gasteiger partial charge < -0.3 is 0 Å². The number of hydrogen-bond donors (Lipinski definition) is 0. The summed E-state index contributed by atoms with van der Waals surface area (Å²) >= 11 is 0. The zero-order valence-electron chi connectivity index (χ0n) is 14.0. The van der Waals surface area contributed by atoms with E-state index in [1.54, 1.807) is 0 Å². The molecule has 0 saturated heterocycles. The summed E-state index contributed by atoms with van der Waals surface area (Å²) in [5.74, 6) is 1.57. The molecule has 0 N–H and O–H groups in total. The first kappa shape index (κ1) is 15.3. The average molecular weight is 293 g/mol. The summed E-state index contributed by atoms with van der Waals surface area (Å²) in [6.07, 6.45) is 3.74. The molecule has 0 radical (unpaired) electrons. The fraction of sp³-hybridized carbons (Fsp3) is 0.429. The minimum absolute atomic E-state index is 0.162. The zero-order chi connectivity index (χ0) is 15.6. The first-order valence-corrected chi connectivity index (χ1v) is 8.45. The monoisotopic (exact) mass is 293 g/mol. The summed E-state index contributed by atoms with van der Waals surface area (Å²) in [5.41, 5.74) is 3.14. The molecule has 0 heterocycles. The van der Waals surface area contributed by atoms with Crippen molar-refractivity contribution >= 4 is 0 Å². The average Bonchev–Trinajstić information content (AvgIpc) is 3.33. The van der Waals surface area contributed by atoms with E-state index in [0.29, 0.717) is 0 Å². The Morgan fingerprint density at radius 3 is 2.09 bits per heavy atom. The molecule has 1 nitrogen and oxygen atoms in total. The largest absolute Gasteiger partial charge is 0.300 e. The Bertz CT molecular complexity index is 590. The fourth-order valence-corrected chi connectivity index (χ4v) is 3.99. The maximum atomic E-state index is 2.43. The van der Waals surface area contributed by atoms with E-state index < -0.39 is 0 Å². The molecule has 0 spiro atoms. The van der Waals surface area contributed by atoms with Crippen LogP contribution in [-0.2, 0) is 5.54 Å². The summed E-state index contributed by atoms with van der Waals surface area (Å²) in [6.45, 7) is 2.33. The molecule has 0 bridgehead atoms. The van der Waals surface area contributed by atoms with Crippen molar-refractivity contribution in [2.75, 3.05) is 14.1 Å². The second kappa shape index (κ2) is 6.26. The molecular formula is C21H27N. The van der Waals surface area contributed by atoms with Crippen LogP contribution in [0, 0.1) is 5.92 Å². The van der Waals surface area contributed by atoms with Gasteiger partial charge in [0.05, 0.1) is 0 Å².